The minimum absolute atomic E-state index is 0.0237. The number of sulfonamides is 1. The number of carboxylic acid groups (broad SMARTS) is 1. The molecule has 0 fully saturated rings. The summed E-state index contributed by atoms with van der Waals surface area (Å²) in [7, 11) is -2.27. The monoisotopic (exact) mass is 371 g/mol. The predicted molar refractivity (Wildman–Crippen MR) is 90.6 cm³/mol. The second kappa shape index (κ2) is 9.38. The van der Waals surface area contributed by atoms with Crippen molar-refractivity contribution in [1.82, 2.24) is 4.31 Å². The molecule has 1 rings (SSSR count). The molecule has 0 aliphatic heterocycles. The van der Waals surface area contributed by atoms with E-state index in [4.69, 9.17) is 4.74 Å². The quantitative estimate of drug-likeness (QED) is 0.643. The number of methoxy groups -OCH3 is 1. The molecular formula is C16H23N2O6S-. The molecule has 0 radical (unpaired) electrons. The molecule has 0 saturated heterocycles. The highest BCUT2D eigenvalue weighted by molar-refractivity contribution is 7.89. The van der Waals surface area contributed by atoms with Gasteiger partial charge in [-0.1, -0.05) is 13.8 Å². The zero-order chi connectivity index (χ0) is 19.0. The molecule has 0 aromatic heterocycles. The zero-order valence-corrected chi connectivity index (χ0v) is 15.4. The van der Waals surface area contributed by atoms with E-state index >= 15 is 0 Å². The number of nitrogens with one attached hydrogen (secondary N) is 1. The molecule has 0 saturated carbocycles. The van der Waals surface area contributed by atoms with Crippen LogP contribution in [0.2, 0.25) is 0 Å². The van der Waals surface area contributed by atoms with Gasteiger partial charge < -0.3 is 20.0 Å². The van der Waals surface area contributed by atoms with Gasteiger partial charge in [-0.2, -0.15) is 4.31 Å². The molecule has 0 heterocycles. The topological polar surface area (TPSA) is 116 Å². The van der Waals surface area contributed by atoms with E-state index in [0.29, 0.717) is 18.8 Å². The van der Waals surface area contributed by atoms with Crippen molar-refractivity contribution in [2.45, 2.75) is 38.0 Å². The van der Waals surface area contributed by atoms with E-state index in [1.165, 1.54) is 29.6 Å². The Balaban J connectivity index is 3.03. The third-order valence-electron chi connectivity index (χ3n) is 3.57. The molecule has 0 bridgehead atoms. The molecule has 0 aliphatic rings. The van der Waals surface area contributed by atoms with E-state index in [1.807, 2.05) is 0 Å². The van der Waals surface area contributed by atoms with Gasteiger partial charge in [-0.15, -0.1) is 0 Å². The summed E-state index contributed by atoms with van der Waals surface area (Å²) in [6.45, 7) is 4.14. The normalized spacial score (nSPS) is 11.4. The van der Waals surface area contributed by atoms with Crippen molar-refractivity contribution in [2.75, 3.05) is 25.5 Å². The number of ether oxygens (including phenoxy) is 1. The van der Waals surface area contributed by atoms with Crippen LogP contribution in [0.15, 0.2) is 23.1 Å². The van der Waals surface area contributed by atoms with Gasteiger partial charge in [0.15, 0.2) is 0 Å². The average molecular weight is 371 g/mol. The molecule has 1 N–H and O–H groups in total. The summed E-state index contributed by atoms with van der Waals surface area (Å²) in [5.74, 6) is -1.35. The summed E-state index contributed by atoms with van der Waals surface area (Å²) in [4.78, 5) is 22.4. The Morgan fingerprint density at radius 3 is 2.36 bits per heavy atom. The van der Waals surface area contributed by atoms with Crippen molar-refractivity contribution in [3.8, 4) is 5.75 Å². The Labute approximate surface area is 147 Å². The summed E-state index contributed by atoms with van der Waals surface area (Å²) in [6.07, 6.45) is -0.112. The number of hydrogen-bond acceptors (Lipinski definition) is 6. The van der Waals surface area contributed by atoms with Gasteiger partial charge in [-0.05, 0) is 31.0 Å². The fourth-order valence-electron chi connectivity index (χ4n) is 2.26. The smallest absolute Gasteiger partial charge is 0.243 e. The molecule has 0 unspecified atom stereocenters. The van der Waals surface area contributed by atoms with E-state index in [0.717, 1.165) is 0 Å². The van der Waals surface area contributed by atoms with Gasteiger partial charge in [0.1, 0.15) is 5.75 Å². The minimum Gasteiger partial charge on any atom is -0.550 e. The van der Waals surface area contributed by atoms with Crippen LogP contribution in [0.1, 0.15) is 33.1 Å². The highest BCUT2D eigenvalue weighted by atomic mass is 32.2. The van der Waals surface area contributed by atoms with Crippen molar-refractivity contribution in [2.24, 2.45) is 0 Å². The number of benzene rings is 1. The highest BCUT2D eigenvalue weighted by Crippen LogP contribution is 2.29. The fourth-order valence-corrected chi connectivity index (χ4v) is 3.75. The third-order valence-corrected chi connectivity index (χ3v) is 5.62. The second-order valence-electron chi connectivity index (χ2n) is 5.23. The van der Waals surface area contributed by atoms with Gasteiger partial charge in [0, 0.05) is 25.5 Å². The fraction of sp³-hybridized carbons (Fsp3) is 0.500. The molecular weight excluding hydrogens is 348 g/mol. The van der Waals surface area contributed by atoms with Crippen molar-refractivity contribution in [3.63, 3.8) is 0 Å². The first-order valence-corrected chi connectivity index (χ1v) is 9.38. The molecule has 8 nitrogen and oxygen atoms in total. The van der Waals surface area contributed by atoms with Crippen LogP contribution in [-0.2, 0) is 19.6 Å². The number of amides is 1. The van der Waals surface area contributed by atoms with Gasteiger partial charge >= 0.3 is 0 Å². The number of aliphatic carboxylic acids is 1. The maximum Gasteiger partial charge on any atom is 0.243 e. The van der Waals surface area contributed by atoms with Crippen LogP contribution in [0.4, 0.5) is 5.69 Å². The molecule has 25 heavy (non-hydrogen) atoms. The minimum atomic E-state index is -3.67. The molecule has 1 aromatic carbocycles. The average Bonchev–Trinajstić information content (AvgIpc) is 2.55. The lowest BCUT2D eigenvalue weighted by Crippen LogP contribution is -2.30. The Kier molecular flexibility index (Phi) is 7.85. The SMILES string of the molecule is CCN(CC)S(=O)(=O)c1ccc(OC)c(NC(=O)CCCC(=O)[O-])c1. The van der Waals surface area contributed by atoms with E-state index < -0.39 is 21.9 Å². The summed E-state index contributed by atoms with van der Waals surface area (Å²) in [6, 6.07) is 4.22. The molecule has 0 spiro atoms. The first-order chi connectivity index (χ1) is 11.8. The summed E-state index contributed by atoms with van der Waals surface area (Å²) in [5, 5.41) is 12.9. The molecule has 9 heteroatoms. The second-order valence-corrected chi connectivity index (χ2v) is 7.16. The maximum absolute atomic E-state index is 12.6. The number of anilines is 1. The van der Waals surface area contributed by atoms with Gasteiger partial charge in [-0.25, -0.2) is 8.42 Å². The maximum atomic E-state index is 12.6. The van der Waals surface area contributed by atoms with Crippen molar-refractivity contribution in [3.05, 3.63) is 18.2 Å². The van der Waals surface area contributed by atoms with Crippen LogP contribution in [0.3, 0.4) is 0 Å². The lowest BCUT2D eigenvalue weighted by atomic mass is 10.2. The first kappa shape index (κ1) is 20.9. The number of carbonyl (C=O) groups excluding carboxylic acids is 2. The van der Waals surface area contributed by atoms with Crippen molar-refractivity contribution >= 4 is 27.6 Å². The Hall–Kier alpha value is -2.13. The molecule has 140 valence electrons. The Morgan fingerprint density at radius 2 is 1.84 bits per heavy atom. The van der Waals surface area contributed by atoms with Gasteiger partial charge in [0.05, 0.1) is 17.7 Å². The van der Waals surface area contributed by atoms with E-state index in [-0.39, 0.29) is 29.8 Å². The van der Waals surface area contributed by atoms with Crippen LogP contribution >= 0.6 is 0 Å². The van der Waals surface area contributed by atoms with Crippen LogP contribution in [-0.4, -0.2) is 44.8 Å². The summed E-state index contributed by atoms with van der Waals surface area (Å²) < 4.78 is 31.6. The Morgan fingerprint density at radius 1 is 1.20 bits per heavy atom. The Bertz CT molecular complexity index is 713. The van der Waals surface area contributed by atoms with E-state index in [2.05, 4.69) is 5.32 Å². The predicted octanol–water partition coefficient (Wildman–Crippen LogP) is 0.584. The molecule has 1 amide bonds. The number of carbonyl (C=O) groups is 2. The van der Waals surface area contributed by atoms with E-state index in [1.54, 1.807) is 13.8 Å². The summed E-state index contributed by atoms with van der Waals surface area (Å²) >= 11 is 0. The third kappa shape index (κ3) is 5.71. The molecule has 1 aromatic rings. The molecule has 0 aliphatic carbocycles. The van der Waals surface area contributed by atoms with Crippen LogP contribution < -0.4 is 15.2 Å². The van der Waals surface area contributed by atoms with E-state index in [9.17, 15) is 23.1 Å². The number of nitrogens with zero attached hydrogens (tertiary/aromatic N) is 1. The van der Waals surface area contributed by atoms with Crippen molar-refractivity contribution in [1.29, 1.82) is 0 Å². The summed E-state index contributed by atoms with van der Waals surface area (Å²) in [5.41, 5.74) is 0.217. The van der Waals surface area contributed by atoms with Gasteiger partial charge in [0.25, 0.3) is 0 Å². The van der Waals surface area contributed by atoms with Crippen LogP contribution in [0.25, 0.3) is 0 Å². The van der Waals surface area contributed by atoms with Crippen molar-refractivity contribution < 1.29 is 27.9 Å². The lowest BCUT2D eigenvalue weighted by Gasteiger charge is -2.19. The first-order valence-electron chi connectivity index (χ1n) is 7.94. The number of hydrogen-bond donors (Lipinski definition) is 1. The largest absolute Gasteiger partial charge is 0.550 e. The number of carboxylic acids is 1. The zero-order valence-electron chi connectivity index (χ0n) is 14.6. The van der Waals surface area contributed by atoms with Gasteiger partial charge in [-0.3, -0.25) is 4.79 Å². The highest BCUT2D eigenvalue weighted by Gasteiger charge is 2.23. The van der Waals surface area contributed by atoms with Gasteiger partial charge in [0.2, 0.25) is 15.9 Å². The van der Waals surface area contributed by atoms with Crippen LogP contribution in [0.5, 0.6) is 5.75 Å². The standard InChI is InChI=1S/C16H24N2O6S/c1-4-18(5-2)25(22,23)12-9-10-14(24-3)13(11-12)17-15(19)7-6-8-16(20)21/h9-11H,4-8H2,1-3H3,(H,17,19)(H,20,21)/p-1. The molecule has 0 atom stereocenters. The van der Waals surface area contributed by atoms with Crippen LogP contribution in [0, 0.1) is 0 Å². The number of rotatable bonds is 10. The lowest BCUT2D eigenvalue weighted by molar-refractivity contribution is -0.305.